The van der Waals surface area contributed by atoms with Crippen LogP contribution in [-0.4, -0.2) is 142 Å². The first-order valence-electron chi connectivity index (χ1n) is 11.0. The molecule has 194 valence electrons. The van der Waals surface area contributed by atoms with Crippen molar-refractivity contribution in [2.24, 2.45) is 0 Å². The van der Waals surface area contributed by atoms with E-state index >= 15 is 0 Å². The van der Waals surface area contributed by atoms with Gasteiger partial charge < -0.3 is 64.2 Å². The summed E-state index contributed by atoms with van der Waals surface area (Å²) in [4.78, 5) is 0. The number of aliphatic hydroxyl groups is 7. The van der Waals surface area contributed by atoms with Gasteiger partial charge in [-0.1, -0.05) is 0 Å². The molecule has 0 aromatic rings. The molecule has 3 rings (SSSR count). The quantitative estimate of drug-likeness (QED) is 0.186. The number of aliphatic hydroxyl groups excluding tert-OH is 7. The van der Waals surface area contributed by atoms with E-state index in [2.05, 4.69) is 0 Å². The Morgan fingerprint density at radius 3 is 1.94 bits per heavy atom. The van der Waals surface area contributed by atoms with Crippen LogP contribution in [0, 0.1) is 0 Å². The summed E-state index contributed by atoms with van der Waals surface area (Å²) in [7, 11) is 1.53. The molecule has 3 heterocycles. The second-order valence-electron chi connectivity index (χ2n) is 8.81. The van der Waals surface area contributed by atoms with Gasteiger partial charge in [0.1, 0.15) is 54.9 Å². The molecular weight excluding hydrogens is 448 g/mol. The first-order chi connectivity index (χ1) is 15.6. The summed E-state index contributed by atoms with van der Waals surface area (Å²) in [5.74, 6) is 0. The highest BCUT2D eigenvalue weighted by Gasteiger charge is 2.49. The molecule has 0 aromatic carbocycles. The third-order valence-corrected chi connectivity index (χ3v) is 6.38. The summed E-state index contributed by atoms with van der Waals surface area (Å²) < 4.78 is 33.5. The maximum atomic E-state index is 10.4. The first-order valence-corrected chi connectivity index (χ1v) is 11.0. The van der Waals surface area contributed by atoms with Gasteiger partial charge in [-0.05, 0) is 13.8 Å². The second kappa shape index (κ2) is 11.5. The number of ether oxygens (including phenoxy) is 6. The van der Waals surface area contributed by atoms with Gasteiger partial charge >= 0.3 is 0 Å². The Balaban J connectivity index is 1.64. The van der Waals surface area contributed by atoms with Crippen LogP contribution in [0.2, 0.25) is 0 Å². The van der Waals surface area contributed by atoms with Crippen molar-refractivity contribution in [3.05, 3.63) is 0 Å². The van der Waals surface area contributed by atoms with E-state index in [9.17, 15) is 35.7 Å². The van der Waals surface area contributed by atoms with E-state index in [-0.39, 0.29) is 12.2 Å². The van der Waals surface area contributed by atoms with E-state index < -0.39 is 86.8 Å². The predicted octanol–water partition coefficient (Wildman–Crippen LogP) is -3.79. The van der Waals surface area contributed by atoms with Gasteiger partial charge in [-0.25, -0.2) is 0 Å². The van der Waals surface area contributed by atoms with Gasteiger partial charge in [0.25, 0.3) is 0 Å². The lowest BCUT2D eigenvalue weighted by Crippen LogP contribution is -2.63. The maximum Gasteiger partial charge on any atom is 0.187 e. The molecule has 0 saturated carbocycles. The average molecular weight is 484 g/mol. The standard InChI is InChI=1S/C20H36O13/c1-7-4-9(28-3)18(8(2)30-7)33-20-17(27)15(25)13(23)11(32-20)6-29-19-16(26)14(24)12(22)10(5-21)31-19/h7-27H,4-6H2,1-3H3/t7?,8?,9?,10-,11-,12-,13-,14+,15+,16-,17-,18?,19-,20+/m1/s1. The van der Waals surface area contributed by atoms with Gasteiger partial charge in [0.15, 0.2) is 12.6 Å². The first kappa shape index (κ1) is 27.1. The van der Waals surface area contributed by atoms with Crippen molar-refractivity contribution in [3.63, 3.8) is 0 Å². The lowest BCUT2D eigenvalue weighted by atomic mass is 9.97. The molecule has 13 heteroatoms. The summed E-state index contributed by atoms with van der Waals surface area (Å²) in [6.45, 7) is 2.62. The van der Waals surface area contributed by atoms with Gasteiger partial charge in [0, 0.05) is 13.5 Å². The van der Waals surface area contributed by atoms with E-state index in [1.54, 1.807) is 6.92 Å². The SMILES string of the molecule is COC1CC(C)OC(C)C1O[C@@H]1O[C@H](CO[C@@H]2O[C@H](CO)[C@@H](O)[C@H](O)[C@H]2O)[C@@H](O)[C@H](O)[C@H]1O. The van der Waals surface area contributed by atoms with E-state index in [0.717, 1.165) is 0 Å². The fourth-order valence-corrected chi connectivity index (χ4v) is 4.41. The molecule has 13 nitrogen and oxygen atoms in total. The fraction of sp³-hybridized carbons (Fsp3) is 1.00. The maximum absolute atomic E-state index is 10.4. The highest BCUT2D eigenvalue weighted by molar-refractivity contribution is 4.93. The van der Waals surface area contributed by atoms with Crippen molar-refractivity contribution in [1.82, 2.24) is 0 Å². The lowest BCUT2D eigenvalue weighted by Gasteiger charge is -2.45. The van der Waals surface area contributed by atoms with Crippen LogP contribution in [0.4, 0.5) is 0 Å². The molecule has 3 saturated heterocycles. The van der Waals surface area contributed by atoms with Crippen LogP contribution in [0.3, 0.4) is 0 Å². The third-order valence-electron chi connectivity index (χ3n) is 6.38. The number of hydrogen-bond acceptors (Lipinski definition) is 13. The zero-order valence-electron chi connectivity index (χ0n) is 18.8. The number of methoxy groups -OCH3 is 1. The van der Waals surface area contributed by atoms with Crippen LogP contribution in [0.15, 0.2) is 0 Å². The predicted molar refractivity (Wildman–Crippen MR) is 107 cm³/mol. The Bertz CT molecular complexity index is 609. The van der Waals surface area contributed by atoms with Crippen molar-refractivity contribution < 1.29 is 64.2 Å². The van der Waals surface area contributed by atoms with Crippen LogP contribution < -0.4 is 0 Å². The van der Waals surface area contributed by atoms with E-state index in [1.807, 2.05) is 6.92 Å². The fourth-order valence-electron chi connectivity index (χ4n) is 4.41. The number of hydrogen-bond donors (Lipinski definition) is 7. The lowest BCUT2D eigenvalue weighted by molar-refractivity contribution is -0.346. The van der Waals surface area contributed by atoms with E-state index in [1.165, 1.54) is 7.11 Å². The second-order valence-corrected chi connectivity index (χ2v) is 8.81. The zero-order chi connectivity index (χ0) is 24.4. The normalized spacial score (nSPS) is 51.5. The minimum absolute atomic E-state index is 0.0610. The molecule has 0 aliphatic carbocycles. The minimum Gasteiger partial charge on any atom is -0.394 e. The Labute approximate surface area is 191 Å². The van der Waals surface area contributed by atoms with Gasteiger partial charge in [0.2, 0.25) is 0 Å². The molecule has 3 aliphatic heterocycles. The van der Waals surface area contributed by atoms with E-state index in [0.29, 0.717) is 6.42 Å². The van der Waals surface area contributed by atoms with Crippen LogP contribution in [0.5, 0.6) is 0 Å². The number of rotatable bonds is 7. The van der Waals surface area contributed by atoms with Crippen LogP contribution >= 0.6 is 0 Å². The Morgan fingerprint density at radius 1 is 0.758 bits per heavy atom. The molecule has 0 bridgehead atoms. The summed E-state index contributed by atoms with van der Waals surface area (Å²) in [6, 6.07) is 0. The van der Waals surface area contributed by atoms with Crippen LogP contribution in [-0.2, 0) is 28.4 Å². The molecule has 0 radical (unpaired) electrons. The van der Waals surface area contributed by atoms with Crippen molar-refractivity contribution in [2.75, 3.05) is 20.3 Å². The van der Waals surface area contributed by atoms with Crippen molar-refractivity contribution in [1.29, 1.82) is 0 Å². The summed E-state index contributed by atoms with van der Waals surface area (Å²) >= 11 is 0. The molecule has 0 amide bonds. The molecule has 0 spiro atoms. The molecule has 14 atom stereocenters. The zero-order valence-corrected chi connectivity index (χ0v) is 18.8. The molecular formula is C20H36O13. The Hall–Kier alpha value is -0.520. The molecule has 0 aromatic heterocycles. The van der Waals surface area contributed by atoms with Crippen molar-refractivity contribution in [3.8, 4) is 0 Å². The molecule has 3 aliphatic rings. The Kier molecular flexibility index (Phi) is 9.42. The monoisotopic (exact) mass is 484 g/mol. The smallest absolute Gasteiger partial charge is 0.187 e. The summed E-state index contributed by atoms with van der Waals surface area (Å²) in [5.41, 5.74) is 0. The van der Waals surface area contributed by atoms with Crippen molar-refractivity contribution in [2.45, 2.75) is 106 Å². The van der Waals surface area contributed by atoms with Gasteiger partial charge in [-0.3, -0.25) is 0 Å². The average Bonchev–Trinajstić information content (AvgIpc) is 2.79. The summed E-state index contributed by atoms with van der Waals surface area (Å²) in [5, 5.41) is 70.2. The Morgan fingerprint density at radius 2 is 1.33 bits per heavy atom. The van der Waals surface area contributed by atoms with Crippen molar-refractivity contribution >= 4 is 0 Å². The largest absolute Gasteiger partial charge is 0.394 e. The topological polar surface area (TPSA) is 197 Å². The van der Waals surface area contributed by atoms with E-state index in [4.69, 9.17) is 28.4 Å². The minimum atomic E-state index is -1.64. The van der Waals surface area contributed by atoms with Crippen LogP contribution in [0.1, 0.15) is 20.3 Å². The molecule has 3 fully saturated rings. The molecule has 33 heavy (non-hydrogen) atoms. The third kappa shape index (κ3) is 5.83. The highest BCUT2D eigenvalue weighted by Crippen LogP contribution is 2.30. The van der Waals surface area contributed by atoms with Crippen LogP contribution in [0.25, 0.3) is 0 Å². The van der Waals surface area contributed by atoms with Gasteiger partial charge in [0.05, 0.1) is 31.5 Å². The highest BCUT2D eigenvalue weighted by atomic mass is 16.7. The molecule has 7 N–H and O–H groups in total. The molecule has 4 unspecified atom stereocenters. The van der Waals surface area contributed by atoms with Gasteiger partial charge in [-0.15, -0.1) is 0 Å². The summed E-state index contributed by atoms with van der Waals surface area (Å²) in [6.07, 6.45) is -15.7. The van der Waals surface area contributed by atoms with Gasteiger partial charge in [-0.2, -0.15) is 0 Å².